The molecule has 2 aromatic carbocycles. The van der Waals surface area contributed by atoms with Gasteiger partial charge in [0.15, 0.2) is 0 Å². The Morgan fingerprint density at radius 2 is 1.59 bits per heavy atom. The third-order valence-electron chi connectivity index (χ3n) is 6.64. The first-order valence-electron chi connectivity index (χ1n) is 12.8. The van der Waals surface area contributed by atoms with Gasteiger partial charge in [0, 0.05) is 74.9 Å². The highest BCUT2D eigenvalue weighted by atomic mass is 35.5. The minimum Gasteiger partial charge on any atom is -0.366 e. The maximum Gasteiger partial charge on any atom is 0.255 e. The lowest BCUT2D eigenvalue weighted by Crippen LogP contribution is -2.49. The molecule has 9 heteroatoms. The third kappa shape index (κ3) is 7.02. The molecule has 0 radical (unpaired) electrons. The summed E-state index contributed by atoms with van der Waals surface area (Å²) < 4.78 is 0. The van der Waals surface area contributed by atoms with E-state index < -0.39 is 0 Å². The van der Waals surface area contributed by atoms with Crippen molar-refractivity contribution in [2.24, 2.45) is 5.41 Å². The normalized spacial score (nSPS) is 16.5. The van der Waals surface area contributed by atoms with Crippen LogP contribution < -0.4 is 15.5 Å². The number of rotatable bonds is 5. The monoisotopic (exact) mass is 525 g/mol. The first kappa shape index (κ1) is 26.9. The Morgan fingerprint density at radius 3 is 2.24 bits per heavy atom. The maximum atomic E-state index is 13.2. The molecular weight excluding hydrogens is 490 g/mol. The number of hydrogen-bond donors (Lipinski definition) is 2. The molecule has 2 aromatic rings. The lowest BCUT2D eigenvalue weighted by molar-refractivity contribution is -0.133. The van der Waals surface area contributed by atoms with Crippen LogP contribution in [0.25, 0.3) is 0 Å². The zero-order valence-electron chi connectivity index (χ0n) is 21.8. The smallest absolute Gasteiger partial charge is 0.255 e. The van der Waals surface area contributed by atoms with Gasteiger partial charge in [-0.1, -0.05) is 38.4 Å². The van der Waals surface area contributed by atoms with Gasteiger partial charge in [0.05, 0.1) is 11.4 Å². The van der Waals surface area contributed by atoms with Crippen molar-refractivity contribution in [3.05, 3.63) is 58.6 Å². The van der Waals surface area contributed by atoms with E-state index in [1.165, 1.54) is 0 Å². The van der Waals surface area contributed by atoms with Crippen molar-refractivity contribution in [3.63, 3.8) is 0 Å². The van der Waals surface area contributed by atoms with Crippen molar-refractivity contribution in [2.75, 3.05) is 62.6 Å². The van der Waals surface area contributed by atoms with Crippen LogP contribution in [0, 0.1) is 5.41 Å². The molecule has 2 fully saturated rings. The predicted octanol–water partition coefficient (Wildman–Crippen LogP) is 3.72. The number of carbonyl (C=O) groups excluding carboxylic acids is 3. The molecule has 0 aromatic heterocycles. The number of nitrogens with one attached hydrogen (secondary N) is 2. The molecule has 0 spiro atoms. The van der Waals surface area contributed by atoms with Gasteiger partial charge in [0.1, 0.15) is 0 Å². The topological polar surface area (TPSA) is 85.0 Å². The summed E-state index contributed by atoms with van der Waals surface area (Å²) in [6, 6.07) is 12.3. The van der Waals surface area contributed by atoms with Gasteiger partial charge in [-0.05, 0) is 41.8 Å². The van der Waals surface area contributed by atoms with Gasteiger partial charge in [0.25, 0.3) is 11.8 Å². The van der Waals surface area contributed by atoms with E-state index in [1.54, 1.807) is 30.3 Å². The van der Waals surface area contributed by atoms with Gasteiger partial charge in [-0.2, -0.15) is 0 Å². The lowest BCUT2D eigenvalue weighted by Gasteiger charge is -2.38. The summed E-state index contributed by atoms with van der Waals surface area (Å²) in [6.45, 7) is 11.5. The summed E-state index contributed by atoms with van der Waals surface area (Å²) in [6.07, 6.45) is 0.511. The quantitative estimate of drug-likeness (QED) is 0.621. The summed E-state index contributed by atoms with van der Waals surface area (Å²) in [4.78, 5) is 44.9. The van der Waals surface area contributed by atoms with Crippen molar-refractivity contribution < 1.29 is 14.4 Å². The highest BCUT2D eigenvalue weighted by Crippen LogP contribution is 2.30. The minimum absolute atomic E-state index is 0.0519. The molecule has 0 bridgehead atoms. The number of halogens is 1. The Hall–Kier alpha value is -3.10. The Labute approximate surface area is 223 Å². The minimum atomic E-state index is -0.297. The molecule has 0 saturated carbocycles. The second-order valence-electron chi connectivity index (χ2n) is 10.8. The lowest BCUT2D eigenvalue weighted by atomic mass is 9.91. The molecular formula is C28H36ClN5O3. The van der Waals surface area contributed by atoms with Crippen LogP contribution in [0.3, 0.4) is 0 Å². The fraction of sp³-hybridized carbons (Fsp3) is 0.464. The average Bonchev–Trinajstić information content (AvgIpc) is 2.88. The zero-order chi connectivity index (χ0) is 26.6. The highest BCUT2D eigenvalue weighted by Gasteiger charge is 2.27. The molecule has 0 atom stereocenters. The van der Waals surface area contributed by atoms with Gasteiger partial charge < -0.3 is 25.3 Å². The first-order valence-corrected chi connectivity index (χ1v) is 13.2. The van der Waals surface area contributed by atoms with E-state index in [2.05, 4.69) is 36.3 Å². The van der Waals surface area contributed by atoms with Crippen molar-refractivity contribution in [1.29, 1.82) is 0 Å². The number of benzene rings is 2. The van der Waals surface area contributed by atoms with Gasteiger partial charge in [-0.25, -0.2) is 0 Å². The van der Waals surface area contributed by atoms with Crippen molar-refractivity contribution in [1.82, 2.24) is 15.1 Å². The Morgan fingerprint density at radius 1 is 0.892 bits per heavy atom. The predicted molar refractivity (Wildman–Crippen MR) is 147 cm³/mol. The van der Waals surface area contributed by atoms with E-state index in [0.29, 0.717) is 67.5 Å². The van der Waals surface area contributed by atoms with E-state index in [0.717, 1.165) is 18.8 Å². The van der Waals surface area contributed by atoms with Gasteiger partial charge in [-0.3, -0.25) is 14.4 Å². The standard InChI is InChI=1S/C28H36ClN5O3/c1-28(2,3)19-25(35)33-15-13-32(14-16-33)24-8-7-21(27(37)34-11-9-30-10-12-34)18-23(24)31-26(36)20-5-4-6-22(29)17-20/h4-8,17-18,30H,9-16,19H2,1-3H3,(H,31,36). The molecule has 2 saturated heterocycles. The van der Waals surface area contributed by atoms with E-state index in [-0.39, 0.29) is 23.1 Å². The summed E-state index contributed by atoms with van der Waals surface area (Å²) in [5, 5.41) is 6.75. The molecule has 37 heavy (non-hydrogen) atoms. The van der Waals surface area contributed by atoms with E-state index in [1.807, 2.05) is 21.9 Å². The van der Waals surface area contributed by atoms with E-state index in [9.17, 15) is 14.4 Å². The van der Waals surface area contributed by atoms with Crippen molar-refractivity contribution in [2.45, 2.75) is 27.2 Å². The van der Waals surface area contributed by atoms with Crippen LogP contribution >= 0.6 is 11.6 Å². The molecule has 198 valence electrons. The van der Waals surface area contributed by atoms with Crippen LogP contribution in [-0.4, -0.2) is 79.9 Å². The molecule has 0 unspecified atom stereocenters. The third-order valence-corrected chi connectivity index (χ3v) is 6.87. The van der Waals surface area contributed by atoms with Crippen LogP contribution in [0.4, 0.5) is 11.4 Å². The fourth-order valence-corrected chi connectivity index (χ4v) is 4.87. The summed E-state index contributed by atoms with van der Waals surface area (Å²) in [5.41, 5.74) is 2.32. The SMILES string of the molecule is CC(C)(C)CC(=O)N1CCN(c2ccc(C(=O)N3CCNCC3)cc2NC(=O)c2cccc(Cl)c2)CC1. The Kier molecular flexibility index (Phi) is 8.39. The van der Waals surface area contributed by atoms with Crippen molar-refractivity contribution in [3.8, 4) is 0 Å². The van der Waals surface area contributed by atoms with E-state index >= 15 is 0 Å². The summed E-state index contributed by atoms with van der Waals surface area (Å²) >= 11 is 6.10. The fourth-order valence-electron chi connectivity index (χ4n) is 4.68. The largest absolute Gasteiger partial charge is 0.366 e. The van der Waals surface area contributed by atoms with Gasteiger partial charge in [-0.15, -0.1) is 0 Å². The van der Waals surface area contributed by atoms with Crippen LogP contribution in [0.15, 0.2) is 42.5 Å². The number of carbonyl (C=O) groups is 3. The summed E-state index contributed by atoms with van der Waals surface area (Å²) in [5.74, 6) is -0.183. The van der Waals surface area contributed by atoms with Crippen molar-refractivity contribution >= 4 is 40.7 Å². The average molecular weight is 526 g/mol. The molecule has 4 rings (SSSR count). The maximum absolute atomic E-state index is 13.2. The molecule has 2 heterocycles. The number of hydrogen-bond acceptors (Lipinski definition) is 5. The van der Waals surface area contributed by atoms with E-state index in [4.69, 9.17) is 11.6 Å². The van der Waals surface area contributed by atoms with Gasteiger partial charge in [0.2, 0.25) is 5.91 Å². The number of amides is 3. The second-order valence-corrected chi connectivity index (χ2v) is 11.3. The van der Waals surface area contributed by atoms with Crippen LogP contribution in [0.5, 0.6) is 0 Å². The number of nitrogens with zero attached hydrogens (tertiary/aromatic N) is 3. The van der Waals surface area contributed by atoms with Crippen LogP contribution in [-0.2, 0) is 4.79 Å². The van der Waals surface area contributed by atoms with Gasteiger partial charge >= 0.3 is 0 Å². The number of piperazine rings is 2. The summed E-state index contributed by atoms with van der Waals surface area (Å²) in [7, 11) is 0. The molecule has 2 aliphatic heterocycles. The molecule has 2 aliphatic rings. The Balaban J connectivity index is 1.56. The molecule has 3 amide bonds. The molecule has 2 N–H and O–H groups in total. The van der Waals surface area contributed by atoms with Crippen LogP contribution in [0.1, 0.15) is 47.9 Å². The second kappa shape index (κ2) is 11.5. The van der Waals surface area contributed by atoms with Crippen LogP contribution in [0.2, 0.25) is 5.02 Å². The Bertz CT molecular complexity index is 1150. The molecule has 0 aliphatic carbocycles. The molecule has 8 nitrogen and oxygen atoms in total. The zero-order valence-corrected chi connectivity index (χ0v) is 22.6. The highest BCUT2D eigenvalue weighted by molar-refractivity contribution is 6.31. The number of anilines is 2. The first-order chi connectivity index (χ1) is 17.6.